The number of hydrogen-bond donors (Lipinski definition) is 0. The molecule has 1 heterocycles. The summed E-state index contributed by atoms with van der Waals surface area (Å²) in [6.07, 6.45) is 6.65. The van der Waals surface area contributed by atoms with E-state index in [1.54, 1.807) is 0 Å². The van der Waals surface area contributed by atoms with E-state index in [1.165, 1.54) is 139 Å². The molecule has 0 saturated carbocycles. The summed E-state index contributed by atoms with van der Waals surface area (Å²) < 4.78 is 0. The normalized spacial score (nSPS) is 12.7. The van der Waals surface area contributed by atoms with Gasteiger partial charge in [-0.3, -0.25) is 0 Å². The van der Waals surface area contributed by atoms with E-state index in [9.17, 15) is 0 Å². The molecule has 1 aromatic heterocycles. The first-order valence-corrected chi connectivity index (χ1v) is 43.9. The van der Waals surface area contributed by atoms with Crippen LogP contribution in [0.2, 0.25) is 0 Å². The van der Waals surface area contributed by atoms with Crippen molar-refractivity contribution in [2.24, 2.45) is 0 Å². The fourth-order valence-electron chi connectivity index (χ4n) is 19.7. The quantitative estimate of drug-likeness (QED) is 0.0912. The van der Waals surface area contributed by atoms with Crippen molar-refractivity contribution in [2.75, 3.05) is 0 Å². The van der Waals surface area contributed by atoms with E-state index in [-0.39, 0.29) is 0 Å². The zero-order chi connectivity index (χ0) is 84.1. The van der Waals surface area contributed by atoms with Crippen molar-refractivity contribution in [3.63, 3.8) is 0 Å². The largest absolute Gasteiger partial charge is 0.208 e. The SMILES string of the molecule is C1=C(c2cccc(-c3cccc(-c4ccccc4)c3)c2)C=C(c2ccc(-c3nc(-c4ccc(-c5cccc(-c6cccc(-c7cccc(-c8ccccc8)c7)c6)c5)cc4)nc(-c4cccc(-c5cccc(-c6cccc(-c7cccc(-c8cccc(-c9cccc(-c%10ccc%11c(c%10)C%10(c%12ccccc%12-c%12ccccc%12%10)c%10ccccc%10-%11)c9)c8)c7)c6)c5)c4)n3)cc2)CC1. The Morgan fingerprint density at radius 3 is 0.717 bits per heavy atom. The number of rotatable bonds is 17. The van der Waals surface area contributed by atoms with Gasteiger partial charge in [-0.05, 0) is 286 Å². The van der Waals surface area contributed by atoms with Crippen molar-refractivity contribution < 1.29 is 0 Å². The molecule has 594 valence electrons. The summed E-state index contributed by atoms with van der Waals surface area (Å²) in [5.41, 5.74) is 45.8. The summed E-state index contributed by atoms with van der Waals surface area (Å²) in [4.78, 5) is 16.1. The molecular weight excluding hydrogens is 1530 g/mol. The molecule has 0 radical (unpaired) electrons. The first-order chi connectivity index (χ1) is 62.8. The molecule has 0 unspecified atom stereocenters. The Bertz CT molecular complexity index is 7670. The van der Waals surface area contributed by atoms with E-state index in [0.717, 1.165) is 90.7 Å². The monoisotopic (exact) mass is 1610 g/mol. The van der Waals surface area contributed by atoms with Crippen molar-refractivity contribution in [3.8, 4) is 190 Å². The van der Waals surface area contributed by atoms with Crippen LogP contribution in [0.15, 0.2) is 479 Å². The molecule has 127 heavy (non-hydrogen) atoms. The number of aromatic nitrogens is 3. The minimum atomic E-state index is -0.401. The van der Waals surface area contributed by atoms with Gasteiger partial charge in [0.2, 0.25) is 0 Å². The third-order valence-electron chi connectivity index (χ3n) is 26.0. The van der Waals surface area contributed by atoms with Crippen LogP contribution in [0.4, 0.5) is 0 Å². The molecule has 0 aliphatic heterocycles. The van der Waals surface area contributed by atoms with Gasteiger partial charge in [0, 0.05) is 16.7 Å². The van der Waals surface area contributed by atoms with E-state index in [1.807, 2.05) is 0 Å². The van der Waals surface area contributed by atoms with E-state index in [0.29, 0.717) is 17.5 Å². The zero-order valence-electron chi connectivity index (χ0n) is 69.9. The molecule has 19 aromatic carbocycles. The molecule has 0 N–H and O–H groups in total. The Hall–Kier alpha value is -16.3. The Kier molecular flexibility index (Phi) is 19.3. The van der Waals surface area contributed by atoms with Crippen LogP contribution in [0.5, 0.6) is 0 Å². The highest BCUT2D eigenvalue weighted by Gasteiger charge is 2.51. The van der Waals surface area contributed by atoms with Gasteiger partial charge in [0.05, 0.1) is 5.41 Å². The third kappa shape index (κ3) is 14.3. The Morgan fingerprint density at radius 2 is 0.378 bits per heavy atom. The van der Waals surface area contributed by atoms with Gasteiger partial charge in [-0.2, -0.15) is 0 Å². The van der Waals surface area contributed by atoms with Gasteiger partial charge < -0.3 is 0 Å². The molecular formula is C124H83N3. The van der Waals surface area contributed by atoms with Crippen LogP contribution in [-0.2, 0) is 5.41 Å². The Labute approximate surface area is 741 Å². The summed E-state index contributed by atoms with van der Waals surface area (Å²) >= 11 is 0. The fraction of sp³-hybridized carbons (Fsp3) is 0.0242. The summed E-state index contributed by atoms with van der Waals surface area (Å²) in [6, 6.07) is 171. The fourth-order valence-corrected chi connectivity index (χ4v) is 19.7. The van der Waals surface area contributed by atoms with Gasteiger partial charge in [0.15, 0.2) is 17.5 Å². The van der Waals surface area contributed by atoms with E-state index in [4.69, 9.17) is 15.0 Å². The molecule has 20 aromatic rings. The lowest BCUT2D eigenvalue weighted by Gasteiger charge is -2.30. The second-order valence-corrected chi connectivity index (χ2v) is 33.6. The Balaban J connectivity index is 0.530. The Morgan fingerprint density at radius 1 is 0.157 bits per heavy atom. The van der Waals surface area contributed by atoms with E-state index >= 15 is 0 Å². The molecule has 0 saturated heterocycles. The maximum absolute atomic E-state index is 5.38. The van der Waals surface area contributed by atoms with Crippen molar-refractivity contribution in [1.82, 2.24) is 15.0 Å². The van der Waals surface area contributed by atoms with E-state index < -0.39 is 5.41 Å². The second-order valence-electron chi connectivity index (χ2n) is 33.6. The lowest BCUT2D eigenvalue weighted by molar-refractivity contribution is 0.794. The van der Waals surface area contributed by atoms with Crippen LogP contribution in [0.3, 0.4) is 0 Å². The van der Waals surface area contributed by atoms with E-state index in [2.05, 4.69) is 479 Å². The molecule has 3 nitrogen and oxygen atoms in total. The number of benzene rings is 19. The molecule has 1 spiro atoms. The predicted molar refractivity (Wildman–Crippen MR) is 529 cm³/mol. The number of hydrogen-bond acceptors (Lipinski definition) is 3. The predicted octanol–water partition coefficient (Wildman–Crippen LogP) is 32.5. The van der Waals surface area contributed by atoms with Gasteiger partial charge in [-0.1, -0.05) is 406 Å². The molecule has 0 atom stereocenters. The van der Waals surface area contributed by atoms with Crippen molar-refractivity contribution in [3.05, 3.63) is 513 Å². The van der Waals surface area contributed by atoms with Crippen LogP contribution in [-0.4, -0.2) is 15.0 Å². The van der Waals surface area contributed by atoms with Gasteiger partial charge in [-0.25, -0.2) is 15.0 Å². The molecule has 0 bridgehead atoms. The lowest BCUT2D eigenvalue weighted by atomic mass is 9.70. The second kappa shape index (κ2) is 32.5. The zero-order valence-corrected chi connectivity index (χ0v) is 69.9. The number of nitrogens with zero attached hydrogens (tertiary/aromatic N) is 3. The molecule has 3 heteroatoms. The highest BCUT2D eigenvalue weighted by Crippen LogP contribution is 2.63. The minimum Gasteiger partial charge on any atom is -0.208 e. The summed E-state index contributed by atoms with van der Waals surface area (Å²) in [5.74, 6) is 1.79. The van der Waals surface area contributed by atoms with Crippen molar-refractivity contribution in [2.45, 2.75) is 18.3 Å². The molecule has 23 rings (SSSR count). The van der Waals surface area contributed by atoms with Crippen LogP contribution >= 0.6 is 0 Å². The van der Waals surface area contributed by atoms with Crippen LogP contribution in [0, 0.1) is 0 Å². The highest BCUT2D eigenvalue weighted by molar-refractivity contribution is 5.97. The van der Waals surface area contributed by atoms with Gasteiger partial charge >= 0.3 is 0 Å². The maximum Gasteiger partial charge on any atom is 0.164 e. The van der Waals surface area contributed by atoms with Crippen LogP contribution in [0.25, 0.3) is 201 Å². The molecule has 3 aliphatic carbocycles. The minimum absolute atomic E-state index is 0.401. The van der Waals surface area contributed by atoms with Crippen LogP contribution < -0.4 is 0 Å². The maximum atomic E-state index is 5.38. The summed E-state index contributed by atoms with van der Waals surface area (Å²) in [6.45, 7) is 0. The molecule has 0 fully saturated rings. The topological polar surface area (TPSA) is 38.7 Å². The van der Waals surface area contributed by atoms with Gasteiger partial charge in [0.1, 0.15) is 0 Å². The highest BCUT2D eigenvalue weighted by atomic mass is 15.0. The number of fused-ring (bicyclic) bond motifs is 10. The third-order valence-corrected chi connectivity index (χ3v) is 26.0. The number of allylic oxidation sites excluding steroid dienone is 4. The summed E-state index contributed by atoms with van der Waals surface area (Å²) in [7, 11) is 0. The van der Waals surface area contributed by atoms with Crippen molar-refractivity contribution >= 4 is 11.1 Å². The molecule has 3 aliphatic rings. The van der Waals surface area contributed by atoms with Gasteiger partial charge in [0.25, 0.3) is 0 Å². The first kappa shape index (κ1) is 75.6. The van der Waals surface area contributed by atoms with Crippen LogP contribution in [0.1, 0.15) is 46.2 Å². The van der Waals surface area contributed by atoms with Crippen molar-refractivity contribution in [1.29, 1.82) is 0 Å². The smallest absolute Gasteiger partial charge is 0.164 e. The first-order valence-electron chi connectivity index (χ1n) is 43.9. The molecule has 0 amide bonds. The standard InChI is InChI=1S/C124H83N3/c1-3-25-82(26-4-1)88-29-13-33-92(69-88)96-37-17-39-98(73-96)94-35-15-31-90(71-94)84-59-63-86(64-60-84)121-125-122(87-65-61-85(62-66-87)91-32-16-36-95(72-91)99-40-18-38-97(74-99)93-34-14-30-89(70-93)83-27-5-2-6-28-83)127-123(126-121)112-52-24-51-110(80-112)108-49-22-47-106(78-108)104-45-20-43-102(76-104)100-41-19-42-101(75-100)103-44-21-46-105(77-103)107-48-23-50-109(79-107)111-67-68-116-115-55-9-12-58-119(115)124(120(116)81-111)117-56-10-7-53-113(117)114-54-8-11-57-118(114)124/h1-15,17-31,33-81H,16,32H2. The van der Waals surface area contributed by atoms with Gasteiger partial charge in [-0.15, -0.1) is 0 Å². The average Bonchev–Trinajstić information content (AvgIpc) is 1.51. The lowest BCUT2D eigenvalue weighted by Crippen LogP contribution is -2.25. The summed E-state index contributed by atoms with van der Waals surface area (Å²) in [5, 5.41) is 0. The average molecular weight is 1620 g/mol.